The van der Waals surface area contributed by atoms with Crippen molar-refractivity contribution in [3.05, 3.63) is 46.1 Å². The van der Waals surface area contributed by atoms with Crippen LogP contribution in [0.1, 0.15) is 23.0 Å². The number of aryl methyl sites for hydroxylation is 1. The predicted octanol–water partition coefficient (Wildman–Crippen LogP) is 1.21. The van der Waals surface area contributed by atoms with Crippen molar-refractivity contribution in [2.24, 2.45) is 12.2 Å². The van der Waals surface area contributed by atoms with Crippen molar-refractivity contribution in [1.82, 2.24) is 20.2 Å². The number of benzene rings is 1. The number of ether oxygens (including phenoxy) is 1. The SMILES string of the molecule is COCc1cccc(C(N=O)c2nnnn2C)c1. The zero-order valence-corrected chi connectivity index (χ0v) is 10.1. The highest BCUT2D eigenvalue weighted by molar-refractivity contribution is 5.29. The van der Waals surface area contributed by atoms with Crippen LogP contribution in [0.25, 0.3) is 0 Å². The van der Waals surface area contributed by atoms with Gasteiger partial charge in [0.2, 0.25) is 0 Å². The molecule has 2 aromatic rings. The van der Waals surface area contributed by atoms with Crippen molar-refractivity contribution in [2.75, 3.05) is 7.11 Å². The molecule has 18 heavy (non-hydrogen) atoms. The van der Waals surface area contributed by atoms with E-state index >= 15 is 0 Å². The van der Waals surface area contributed by atoms with Crippen LogP contribution in [0.4, 0.5) is 0 Å². The first-order chi connectivity index (χ1) is 8.76. The molecule has 1 aromatic heterocycles. The number of aromatic nitrogens is 4. The first-order valence-corrected chi connectivity index (χ1v) is 5.38. The molecule has 94 valence electrons. The van der Waals surface area contributed by atoms with Gasteiger partial charge in [0.15, 0.2) is 11.9 Å². The molecule has 0 fully saturated rings. The number of nitroso groups, excluding NO2 is 1. The maximum absolute atomic E-state index is 11.0. The molecule has 0 spiro atoms. The fourth-order valence-corrected chi connectivity index (χ4v) is 1.74. The van der Waals surface area contributed by atoms with Gasteiger partial charge in [-0.05, 0) is 21.6 Å². The summed E-state index contributed by atoms with van der Waals surface area (Å²) in [6.07, 6.45) is 0. The Morgan fingerprint density at radius 3 is 2.94 bits per heavy atom. The molecule has 1 heterocycles. The van der Waals surface area contributed by atoms with Gasteiger partial charge in [-0.1, -0.05) is 29.4 Å². The summed E-state index contributed by atoms with van der Waals surface area (Å²) >= 11 is 0. The van der Waals surface area contributed by atoms with E-state index in [1.54, 1.807) is 14.2 Å². The Bertz CT molecular complexity index is 540. The van der Waals surface area contributed by atoms with Gasteiger partial charge in [0.1, 0.15) is 0 Å². The van der Waals surface area contributed by atoms with Crippen LogP contribution in [0, 0.1) is 4.91 Å². The fraction of sp³-hybridized carbons (Fsp3) is 0.364. The molecule has 0 saturated carbocycles. The zero-order valence-electron chi connectivity index (χ0n) is 10.1. The number of hydrogen-bond acceptors (Lipinski definition) is 6. The van der Waals surface area contributed by atoms with Gasteiger partial charge in [-0.3, -0.25) is 0 Å². The van der Waals surface area contributed by atoms with Crippen molar-refractivity contribution in [3.63, 3.8) is 0 Å². The largest absolute Gasteiger partial charge is 0.380 e. The number of nitrogens with zero attached hydrogens (tertiary/aromatic N) is 5. The standard InChI is InChI=1S/C11H13N5O2/c1-16-11(12-14-15-16)10(13-17)9-5-3-4-8(6-9)7-18-2/h3-6,10H,7H2,1-2H3. The summed E-state index contributed by atoms with van der Waals surface area (Å²) in [5, 5.41) is 14.1. The third-order valence-corrected chi connectivity index (χ3v) is 2.58. The minimum absolute atomic E-state index is 0.416. The molecule has 0 aliphatic carbocycles. The maximum Gasteiger partial charge on any atom is 0.183 e. The molecule has 0 amide bonds. The van der Waals surface area contributed by atoms with E-state index in [0.717, 1.165) is 11.1 Å². The van der Waals surface area contributed by atoms with Gasteiger partial charge in [0.25, 0.3) is 0 Å². The van der Waals surface area contributed by atoms with Crippen molar-refractivity contribution in [1.29, 1.82) is 0 Å². The van der Waals surface area contributed by atoms with Crippen LogP contribution in [0.15, 0.2) is 29.4 Å². The monoisotopic (exact) mass is 247 g/mol. The molecule has 1 aromatic carbocycles. The number of rotatable bonds is 5. The van der Waals surface area contributed by atoms with Gasteiger partial charge in [0, 0.05) is 14.2 Å². The Morgan fingerprint density at radius 1 is 1.50 bits per heavy atom. The Hall–Kier alpha value is -2.15. The van der Waals surface area contributed by atoms with Crippen LogP contribution in [0.3, 0.4) is 0 Å². The molecule has 0 aliphatic heterocycles. The molecule has 0 bridgehead atoms. The van der Waals surface area contributed by atoms with Crippen LogP contribution in [0.5, 0.6) is 0 Å². The van der Waals surface area contributed by atoms with E-state index in [1.807, 2.05) is 24.3 Å². The molecule has 1 unspecified atom stereocenters. The zero-order chi connectivity index (χ0) is 13.0. The van der Waals surface area contributed by atoms with E-state index in [2.05, 4.69) is 20.7 Å². The van der Waals surface area contributed by atoms with Crippen LogP contribution < -0.4 is 0 Å². The lowest BCUT2D eigenvalue weighted by atomic mass is 10.0. The van der Waals surface area contributed by atoms with Gasteiger partial charge in [-0.25, -0.2) is 4.68 Å². The molecule has 0 radical (unpaired) electrons. The van der Waals surface area contributed by atoms with Gasteiger partial charge >= 0.3 is 0 Å². The van der Waals surface area contributed by atoms with E-state index in [4.69, 9.17) is 4.74 Å². The van der Waals surface area contributed by atoms with Crippen LogP contribution >= 0.6 is 0 Å². The first kappa shape index (κ1) is 12.3. The summed E-state index contributed by atoms with van der Waals surface area (Å²) in [7, 11) is 3.29. The van der Waals surface area contributed by atoms with Crippen molar-refractivity contribution < 1.29 is 4.74 Å². The van der Waals surface area contributed by atoms with Crippen molar-refractivity contribution >= 4 is 0 Å². The minimum Gasteiger partial charge on any atom is -0.380 e. The Labute approximate surface area is 104 Å². The predicted molar refractivity (Wildman–Crippen MR) is 63.6 cm³/mol. The topological polar surface area (TPSA) is 82.3 Å². The summed E-state index contributed by atoms with van der Waals surface area (Å²) < 4.78 is 6.50. The van der Waals surface area contributed by atoms with Gasteiger partial charge in [0.05, 0.1) is 6.61 Å². The van der Waals surface area contributed by atoms with E-state index < -0.39 is 6.04 Å². The first-order valence-electron chi connectivity index (χ1n) is 5.38. The number of methoxy groups -OCH3 is 1. The lowest BCUT2D eigenvalue weighted by Gasteiger charge is -2.09. The van der Waals surface area contributed by atoms with Crippen LogP contribution in [-0.4, -0.2) is 27.3 Å². The van der Waals surface area contributed by atoms with E-state index in [-0.39, 0.29) is 0 Å². The highest BCUT2D eigenvalue weighted by Crippen LogP contribution is 2.24. The molecule has 7 heteroatoms. The van der Waals surface area contributed by atoms with Gasteiger partial charge in [-0.2, -0.15) is 0 Å². The third-order valence-electron chi connectivity index (χ3n) is 2.58. The molecular formula is C11H13N5O2. The Morgan fingerprint density at radius 2 is 2.33 bits per heavy atom. The molecule has 0 saturated heterocycles. The normalized spacial score (nSPS) is 12.3. The smallest absolute Gasteiger partial charge is 0.183 e. The van der Waals surface area contributed by atoms with Crippen molar-refractivity contribution in [3.8, 4) is 0 Å². The van der Waals surface area contributed by atoms with Crippen LogP contribution in [0.2, 0.25) is 0 Å². The highest BCUT2D eigenvalue weighted by atomic mass is 16.5. The quantitative estimate of drug-likeness (QED) is 0.742. The summed E-state index contributed by atoms with van der Waals surface area (Å²) in [4.78, 5) is 11.0. The number of hydrogen-bond donors (Lipinski definition) is 0. The van der Waals surface area contributed by atoms with Gasteiger partial charge < -0.3 is 4.74 Å². The average molecular weight is 247 g/mol. The Balaban J connectivity index is 2.36. The van der Waals surface area contributed by atoms with E-state index in [0.29, 0.717) is 12.4 Å². The van der Waals surface area contributed by atoms with Crippen LogP contribution in [-0.2, 0) is 18.4 Å². The molecule has 1 atom stereocenters. The molecule has 2 rings (SSSR count). The summed E-state index contributed by atoms with van der Waals surface area (Å²) in [5.74, 6) is 0.416. The second-order valence-corrected chi connectivity index (χ2v) is 3.85. The second-order valence-electron chi connectivity index (χ2n) is 3.85. The van der Waals surface area contributed by atoms with E-state index in [1.165, 1.54) is 4.68 Å². The third kappa shape index (κ3) is 2.40. The fourth-order valence-electron chi connectivity index (χ4n) is 1.74. The highest BCUT2D eigenvalue weighted by Gasteiger charge is 2.20. The summed E-state index contributed by atoms with van der Waals surface area (Å²) in [5.41, 5.74) is 1.72. The van der Waals surface area contributed by atoms with Gasteiger partial charge in [-0.15, -0.1) is 10.0 Å². The molecule has 0 aliphatic rings. The average Bonchev–Trinajstić information content (AvgIpc) is 2.78. The summed E-state index contributed by atoms with van der Waals surface area (Å²) in [6, 6.07) is 6.75. The molecular weight excluding hydrogens is 234 g/mol. The second kappa shape index (κ2) is 5.46. The molecule has 7 nitrogen and oxygen atoms in total. The lowest BCUT2D eigenvalue weighted by molar-refractivity contribution is 0.185. The van der Waals surface area contributed by atoms with E-state index in [9.17, 15) is 4.91 Å². The lowest BCUT2D eigenvalue weighted by Crippen LogP contribution is -2.07. The Kier molecular flexibility index (Phi) is 3.73. The maximum atomic E-state index is 11.0. The number of tetrazole rings is 1. The van der Waals surface area contributed by atoms with Crippen molar-refractivity contribution in [2.45, 2.75) is 12.6 Å². The molecule has 0 N–H and O–H groups in total. The minimum atomic E-state index is -0.707. The summed E-state index contributed by atoms with van der Waals surface area (Å²) in [6.45, 7) is 0.483.